The van der Waals surface area contributed by atoms with Crippen LogP contribution in [0.15, 0.2) is 42.6 Å². The van der Waals surface area contributed by atoms with E-state index >= 15 is 0 Å². The number of aromatic nitrogens is 3. The van der Waals surface area contributed by atoms with Crippen LogP contribution in [0.3, 0.4) is 0 Å². The molecule has 0 N–H and O–H groups in total. The van der Waals surface area contributed by atoms with E-state index < -0.39 is 0 Å². The number of fused-ring (bicyclic) bond motifs is 1. The molecule has 0 radical (unpaired) electrons. The van der Waals surface area contributed by atoms with Crippen LogP contribution in [0.4, 0.5) is 0 Å². The summed E-state index contributed by atoms with van der Waals surface area (Å²) < 4.78 is 1.93. The van der Waals surface area contributed by atoms with Crippen LogP contribution < -0.4 is 0 Å². The molecule has 0 bridgehead atoms. The normalized spacial score (nSPS) is 17.2. The Kier molecular flexibility index (Phi) is 4.66. The Labute approximate surface area is 159 Å². The van der Waals surface area contributed by atoms with Gasteiger partial charge in [-0.15, -0.1) is 0 Å². The van der Waals surface area contributed by atoms with E-state index in [1.807, 2.05) is 61.1 Å². The van der Waals surface area contributed by atoms with Gasteiger partial charge in [-0.05, 0) is 45.1 Å². The molecule has 2 aromatic heterocycles. The van der Waals surface area contributed by atoms with Crippen molar-refractivity contribution in [2.75, 3.05) is 20.6 Å². The third-order valence-electron chi connectivity index (χ3n) is 5.19. The van der Waals surface area contributed by atoms with Crippen LogP contribution in [0.5, 0.6) is 0 Å². The number of benzene rings is 1. The number of nitrogens with zero attached hydrogens (tertiary/aromatic N) is 5. The molecular formula is C21H25N5O. The first-order valence-electron chi connectivity index (χ1n) is 9.37. The maximum Gasteiger partial charge on any atom is 0.256 e. The quantitative estimate of drug-likeness (QED) is 0.715. The van der Waals surface area contributed by atoms with Gasteiger partial charge in [0.25, 0.3) is 5.91 Å². The predicted octanol–water partition coefficient (Wildman–Crippen LogP) is 3.01. The zero-order valence-corrected chi connectivity index (χ0v) is 16.1. The van der Waals surface area contributed by atoms with Crippen molar-refractivity contribution in [2.24, 2.45) is 7.05 Å². The number of pyridine rings is 1. The molecule has 1 aromatic carbocycles. The Morgan fingerprint density at radius 1 is 1.26 bits per heavy atom. The average Bonchev–Trinajstić information content (AvgIpc) is 3.27. The van der Waals surface area contributed by atoms with Crippen LogP contribution >= 0.6 is 0 Å². The van der Waals surface area contributed by atoms with Gasteiger partial charge in [0.1, 0.15) is 0 Å². The Morgan fingerprint density at radius 2 is 2.07 bits per heavy atom. The summed E-state index contributed by atoms with van der Waals surface area (Å²) in [5, 5.41) is 5.71. The highest BCUT2D eigenvalue weighted by atomic mass is 16.2. The van der Waals surface area contributed by atoms with E-state index in [1.165, 1.54) is 0 Å². The molecule has 0 aliphatic carbocycles. The van der Waals surface area contributed by atoms with E-state index in [-0.39, 0.29) is 11.9 Å². The fourth-order valence-electron chi connectivity index (χ4n) is 3.91. The highest BCUT2D eigenvalue weighted by molar-refractivity contribution is 6.05. The van der Waals surface area contributed by atoms with Crippen LogP contribution in [0.25, 0.3) is 10.9 Å². The Balaban J connectivity index is 1.66. The molecule has 6 heteroatoms. The first kappa shape index (κ1) is 17.7. The summed E-state index contributed by atoms with van der Waals surface area (Å²) in [6.45, 7) is 1.59. The largest absolute Gasteiger partial charge is 0.330 e. The fourth-order valence-corrected chi connectivity index (χ4v) is 3.91. The lowest BCUT2D eigenvalue weighted by Crippen LogP contribution is -2.31. The number of amides is 1. The zero-order chi connectivity index (χ0) is 19.0. The van der Waals surface area contributed by atoms with Gasteiger partial charge < -0.3 is 9.80 Å². The van der Waals surface area contributed by atoms with Crippen LogP contribution in [-0.2, 0) is 13.6 Å². The molecular weight excluding hydrogens is 338 g/mol. The lowest BCUT2D eigenvalue weighted by atomic mass is 10.1. The molecule has 140 valence electrons. The third-order valence-corrected chi connectivity index (χ3v) is 5.19. The molecule has 0 unspecified atom stereocenters. The molecule has 1 amide bonds. The summed E-state index contributed by atoms with van der Waals surface area (Å²) in [6, 6.07) is 11.9. The fraction of sp³-hybridized carbons (Fsp3) is 0.381. The molecule has 1 fully saturated rings. The lowest BCUT2D eigenvalue weighted by Gasteiger charge is -2.23. The molecule has 0 spiro atoms. The third kappa shape index (κ3) is 3.32. The summed E-state index contributed by atoms with van der Waals surface area (Å²) in [4.78, 5) is 21.9. The van der Waals surface area contributed by atoms with E-state index in [1.54, 1.807) is 6.20 Å². The monoisotopic (exact) mass is 363 g/mol. The molecule has 6 nitrogen and oxygen atoms in total. The van der Waals surface area contributed by atoms with Gasteiger partial charge in [-0.25, -0.2) is 0 Å². The van der Waals surface area contributed by atoms with E-state index in [0.717, 1.165) is 48.2 Å². The highest BCUT2D eigenvalue weighted by Crippen LogP contribution is 2.33. The Morgan fingerprint density at radius 3 is 2.89 bits per heavy atom. The zero-order valence-electron chi connectivity index (χ0n) is 16.1. The summed E-state index contributed by atoms with van der Waals surface area (Å²) >= 11 is 0. The molecule has 0 saturated carbocycles. The van der Waals surface area contributed by atoms with Gasteiger partial charge in [-0.1, -0.05) is 18.2 Å². The van der Waals surface area contributed by atoms with Gasteiger partial charge in [-0.3, -0.25) is 14.5 Å². The van der Waals surface area contributed by atoms with Crippen molar-refractivity contribution in [2.45, 2.75) is 25.4 Å². The number of carbonyl (C=O) groups is 1. The van der Waals surface area contributed by atoms with E-state index in [9.17, 15) is 4.79 Å². The van der Waals surface area contributed by atoms with E-state index in [0.29, 0.717) is 5.56 Å². The highest BCUT2D eigenvalue weighted by Gasteiger charge is 2.33. The number of hydrogen-bond donors (Lipinski definition) is 0. The van der Waals surface area contributed by atoms with Crippen molar-refractivity contribution in [3.8, 4) is 0 Å². The minimum Gasteiger partial charge on any atom is -0.330 e. The van der Waals surface area contributed by atoms with Crippen molar-refractivity contribution in [3.05, 3.63) is 59.5 Å². The van der Waals surface area contributed by atoms with E-state index in [2.05, 4.69) is 16.0 Å². The lowest BCUT2D eigenvalue weighted by molar-refractivity contribution is 0.0734. The Hall–Kier alpha value is -2.73. The topological polar surface area (TPSA) is 54.3 Å². The van der Waals surface area contributed by atoms with Crippen molar-refractivity contribution >= 4 is 16.8 Å². The minimum atomic E-state index is 0.0265. The molecule has 3 aromatic rings. The molecule has 1 aliphatic heterocycles. The number of hydrogen-bond acceptors (Lipinski definition) is 4. The van der Waals surface area contributed by atoms with Crippen molar-refractivity contribution in [1.82, 2.24) is 24.6 Å². The van der Waals surface area contributed by atoms with Crippen molar-refractivity contribution in [3.63, 3.8) is 0 Å². The summed E-state index contributed by atoms with van der Waals surface area (Å²) in [5.41, 5.74) is 3.57. The molecule has 1 aliphatic rings. The van der Waals surface area contributed by atoms with Crippen molar-refractivity contribution < 1.29 is 4.79 Å². The second-order valence-electron chi connectivity index (χ2n) is 7.46. The molecule has 4 rings (SSSR count). The standard InChI is InChI=1S/C21H25N5O/c1-24(2)14-16-13-18(23-25(16)3)19-10-6-12-26(19)21(27)17-9-4-7-15-8-5-11-22-20(15)17/h4-5,7-9,11,13,19H,6,10,12,14H2,1-3H3/t19-/m0/s1. The molecule has 27 heavy (non-hydrogen) atoms. The number of likely N-dealkylation sites (tertiary alicyclic amines) is 1. The molecule has 1 atom stereocenters. The van der Waals surface area contributed by atoms with Crippen LogP contribution in [0, 0.1) is 0 Å². The van der Waals surface area contributed by atoms with Crippen molar-refractivity contribution in [1.29, 1.82) is 0 Å². The van der Waals surface area contributed by atoms with Crippen LogP contribution in [-0.4, -0.2) is 51.1 Å². The van der Waals surface area contributed by atoms with E-state index in [4.69, 9.17) is 5.10 Å². The van der Waals surface area contributed by atoms with Gasteiger partial charge in [0.15, 0.2) is 0 Å². The second-order valence-corrected chi connectivity index (χ2v) is 7.46. The van der Waals surface area contributed by atoms with Crippen LogP contribution in [0.2, 0.25) is 0 Å². The smallest absolute Gasteiger partial charge is 0.256 e. The number of para-hydroxylation sites is 1. The predicted molar refractivity (Wildman–Crippen MR) is 105 cm³/mol. The number of rotatable bonds is 4. The van der Waals surface area contributed by atoms with Gasteiger partial charge >= 0.3 is 0 Å². The van der Waals surface area contributed by atoms with Gasteiger partial charge in [0, 0.05) is 31.7 Å². The minimum absolute atomic E-state index is 0.0265. The Bertz CT molecular complexity index is 972. The average molecular weight is 363 g/mol. The number of carbonyl (C=O) groups excluding carboxylic acids is 1. The van der Waals surface area contributed by atoms with Crippen LogP contribution in [0.1, 0.15) is 40.6 Å². The summed E-state index contributed by atoms with van der Waals surface area (Å²) in [7, 11) is 6.06. The molecule has 3 heterocycles. The maximum atomic E-state index is 13.4. The molecule has 1 saturated heterocycles. The second kappa shape index (κ2) is 7.12. The first-order valence-corrected chi connectivity index (χ1v) is 9.37. The maximum absolute atomic E-state index is 13.4. The van der Waals surface area contributed by atoms with Gasteiger partial charge in [-0.2, -0.15) is 5.10 Å². The number of aryl methyl sites for hydroxylation is 1. The first-order chi connectivity index (χ1) is 13.0. The summed E-state index contributed by atoms with van der Waals surface area (Å²) in [5.74, 6) is 0.0432. The SMILES string of the molecule is CN(C)Cc1cc([C@@H]2CCCN2C(=O)c2cccc3cccnc23)nn1C. The van der Waals surface area contributed by atoms with Gasteiger partial charge in [0.2, 0.25) is 0 Å². The summed E-state index contributed by atoms with van der Waals surface area (Å²) in [6.07, 6.45) is 3.68. The van der Waals surface area contributed by atoms with Gasteiger partial charge in [0.05, 0.1) is 28.5 Å².